The van der Waals surface area contributed by atoms with Crippen LogP contribution in [-0.2, 0) is 17.6 Å². The molecule has 0 aliphatic heterocycles. The molecule has 1 aromatic carbocycles. The molecule has 0 spiro atoms. The minimum atomic E-state index is -0.0630. The first kappa shape index (κ1) is 16.8. The van der Waals surface area contributed by atoms with Gasteiger partial charge in [0.25, 0.3) is 0 Å². The lowest BCUT2D eigenvalue weighted by molar-refractivity contribution is -0.121. The van der Waals surface area contributed by atoms with E-state index in [2.05, 4.69) is 10.5 Å². The smallest absolute Gasteiger partial charge is 0.224 e. The van der Waals surface area contributed by atoms with Crippen molar-refractivity contribution in [1.82, 2.24) is 10.5 Å². The van der Waals surface area contributed by atoms with Crippen LogP contribution in [0.15, 0.2) is 22.7 Å². The summed E-state index contributed by atoms with van der Waals surface area (Å²) in [4.78, 5) is 12.1. The van der Waals surface area contributed by atoms with Gasteiger partial charge in [0.2, 0.25) is 5.91 Å². The monoisotopic (exact) mass is 340 g/mol. The molecule has 1 N–H and O–H groups in total. The van der Waals surface area contributed by atoms with E-state index in [1.54, 1.807) is 19.1 Å². The van der Waals surface area contributed by atoms with E-state index in [1.165, 1.54) is 0 Å². The summed E-state index contributed by atoms with van der Waals surface area (Å²) in [6.45, 7) is 5.58. The van der Waals surface area contributed by atoms with Crippen LogP contribution in [0, 0.1) is 13.8 Å². The average Bonchev–Trinajstić information content (AvgIpc) is 2.73. The zero-order valence-electron chi connectivity index (χ0n) is 12.7. The molecule has 0 fully saturated rings. The van der Waals surface area contributed by atoms with Crippen LogP contribution >= 0.6 is 23.2 Å². The predicted molar refractivity (Wildman–Crippen MR) is 87.5 cm³/mol. The maximum atomic E-state index is 12.1. The Kier molecular flexibility index (Phi) is 5.48. The summed E-state index contributed by atoms with van der Waals surface area (Å²) in [5.74, 6) is 0.619. The predicted octanol–water partition coefficient (Wildman–Crippen LogP) is 3.89. The van der Waals surface area contributed by atoms with E-state index in [9.17, 15) is 4.79 Å². The second-order valence-corrected chi connectivity index (χ2v) is 6.23. The second-order valence-electron chi connectivity index (χ2n) is 5.39. The number of nitrogens with one attached hydrogen (secondary N) is 1. The van der Waals surface area contributed by atoms with E-state index in [0.29, 0.717) is 22.2 Å². The van der Waals surface area contributed by atoms with Gasteiger partial charge >= 0.3 is 0 Å². The van der Waals surface area contributed by atoms with E-state index in [4.69, 9.17) is 27.7 Å². The van der Waals surface area contributed by atoms with Crippen LogP contribution in [0.3, 0.4) is 0 Å². The van der Waals surface area contributed by atoms with Gasteiger partial charge in [-0.05, 0) is 44.9 Å². The van der Waals surface area contributed by atoms with Gasteiger partial charge in [0, 0.05) is 21.7 Å². The number of rotatable bonds is 5. The molecule has 1 atom stereocenters. The summed E-state index contributed by atoms with van der Waals surface area (Å²) in [6.07, 6.45) is 0.906. The van der Waals surface area contributed by atoms with Crippen molar-refractivity contribution >= 4 is 29.1 Å². The van der Waals surface area contributed by atoms with E-state index in [0.717, 1.165) is 16.8 Å². The molecule has 1 amide bonds. The SMILES string of the molecule is Cc1noc(C)c1CC(=O)N[C@@H](C)Cc1ccc(Cl)cc1Cl. The van der Waals surface area contributed by atoms with E-state index in [-0.39, 0.29) is 18.4 Å². The van der Waals surface area contributed by atoms with Crippen LogP contribution in [0.4, 0.5) is 0 Å². The molecule has 6 heteroatoms. The third kappa shape index (κ3) is 4.24. The third-order valence-corrected chi connectivity index (χ3v) is 4.05. The molecule has 0 radical (unpaired) electrons. The summed E-state index contributed by atoms with van der Waals surface area (Å²) in [6, 6.07) is 5.34. The minimum absolute atomic E-state index is 0.0355. The number of nitrogens with zero attached hydrogens (tertiary/aromatic N) is 1. The fraction of sp³-hybridized carbons (Fsp3) is 0.375. The molecule has 0 saturated heterocycles. The fourth-order valence-electron chi connectivity index (χ4n) is 2.31. The zero-order chi connectivity index (χ0) is 16.3. The lowest BCUT2D eigenvalue weighted by Crippen LogP contribution is -2.35. The molecular weight excluding hydrogens is 323 g/mol. The minimum Gasteiger partial charge on any atom is -0.361 e. The van der Waals surface area contributed by atoms with Crippen molar-refractivity contribution in [3.8, 4) is 0 Å². The highest BCUT2D eigenvalue weighted by molar-refractivity contribution is 6.35. The van der Waals surface area contributed by atoms with Gasteiger partial charge in [-0.3, -0.25) is 4.79 Å². The molecule has 0 bridgehead atoms. The number of halogens is 2. The molecule has 0 aliphatic carbocycles. The molecule has 0 saturated carbocycles. The van der Waals surface area contributed by atoms with Crippen LogP contribution in [-0.4, -0.2) is 17.1 Å². The van der Waals surface area contributed by atoms with Gasteiger partial charge < -0.3 is 9.84 Å². The van der Waals surface area contributed by atoms with Crippen molar-refractivity contribution < 1.29 is 9.32 Å². The van der Waals surface area contributed by atoms with Crippen molar-refractivity contribution in [2.75, 3.05) is 0 Å². The zero-order valence-corrected chi connectivity index (χ0v) is 14.3. The first-order chi connectivity index (χ1) is 10.4. The summed E-state index contributed by atoms with van der Waals surface area (Å²) in [7, 11) is 0. The molecule has 0 aliphatic rings. The summed E-state index contributed by atoms with van der Waals surface area (Å²) >= 11 is 12.0. The number of aromatic nitrogens is 1. The molecule has 2 rings (SSSR count). The Morgan fingerprint density at radius 1 is 1.36 bits per heavy atom. The number of benzene rings is 1. The molecule has 1 aromatic heterocycles. The lowest BCUT2D eigenvalue weighted by Gasteiger charge is -2.15. The van der Waals surface area contributed by atoms with Crippen LogP contribution < -0.4 is 5.32 Å². The molecular formula is C16H18Cl2N2O2. The van der Waals surface area contributed by atoms with Gasteiger partial charge in [-0.1, -0.05) is 34.4 Å². The lowest BCUT2D eigenvalue weighted by atomic mass is 10.1. The van der Waals surface area contributed by atoms with E-state index < -0.39 is 0 Å². The Bertz CT molecular complexity index is 663. The number of hydrogen-bond donors (Lipinski definition) is 1. The van der Waals surface area contributed by atoms with Gasteiger partial charge in [-0.25, -0.2) is 0 Å². The van der Waals surface area contributed by atoms with Gasteiger partial charge in [-0.2, -0.15) is 0 Å². The average molecular weight is 341 g/mol. The van der Waals surface area contributed by atoms with Crippen molar-refractivity contribution in [3.63, 3.8) is 0 Å². The normalized spacial score (nSPS) is 12.2. The van der Waals surface area contributed by atoms with Crippen LogP contribution in [0.2, 0.25) is 10.0 Å². The molecule has 0 unspecified atom stereocenters. The van der Waals surface area contributed by atoms with Crippen LogP contribution in [0.1, 0.15) is 29.5 Å². The first-order valence-electron chi connectivity index (χ1n) is 7.02. The van der Waals surface area contributed by atoms with Gasteiger partial charge in [0.05, 0.1) is 12.1 Å². The maximum Gasteiger partial charge on any atom is 0.224 e. The Morgan fingerprint density at radius 3 is 2.68 bits per heavy atom. The maximum absolute atomic E-state index is 12.1. The number of carbonyl (C=O) groups excluding carboxylic acids is 1. The van der Waals surface area contributed by atoms with E-state index >= 15 is 0 Å². The molecule has 118 valence electrons. The molecule has 22 heavy (non-hydrogen) atoms. The number of amides is 1. The van der Waals surface area contributed by atoms with E-state index in [1.807, 2.05) is 19.9 Å². The Labute approximate surface area is 139 Å². The van der Waals surface area contributed by atoms with Crippen molar-refractivity contribution in [2.45, 2.75) is 39.7 Å². The third-order valence-electron chi connectivity index (χ3n) is 3.47. The Balaban J connectivity index is 1.94. The standard InChI is InChI=1S/C16H18Cl2N2O2/c1-9(6-12-4-5-13(17)7-15(12)18)19-16(21)8-14-10(2)20-22-11(14)3/h4-5,7,9H,6,8H2,1-3H3,(H,19,21)/t9-/m0/s1. The van der Waals surface area contributed by atoms with Gasteiger partial charge in [0.1, 0.15) is 5.76 Å². The van der Waals surface area contributed by atoms with Crippen molar-refractivity contribution in [2.24, 2.45) is 0 Å². The Morgan fingerprint density at radius 2 is 2.09 bits per heavy atom. The molecule has 1 heterocycles. The first-order valence-corrected chi connectivity index (χ1v) is 7.77. The van der Waals surface area contributed by atoms with Crippen molar-refractivity contribution in [1.29, 1.82) is 0 Å². The van der Waals surface area contributed by atoms with Gasteiger partial charge in [-0.15, -0.1) is 0 Å². The summed E-state index contributed by atoms with van der Waals surface area (Å²) in [5.41, 5.74) is 2.55. The highest BCUT2D eigenvalue weighted by Gasteiger charge is 2.15. The summed E-state index contributed by atoms with van der Waals surface area (Å²) in [5, 5.41) is 8.03. The highest BCUT2D eigenvalue weighted by atomic mass is 35.5. The molecule has 2 aromatic rings. The largest absolute Gasteiger partial charge is 0.361 e. The topological polar surface area (TPSA) is 55.1 Å². The number of aryl methyl sites for hydroxylation is 2. The molecule has 4 nitrogen and oxygen atoms in total. The fourth-order valence-corrected chi connectivity index (χ4v) is 2.79. The van der Waals surface area contributed by atoms with Crippen LogP contribution in [0.5, 0.6) is 0 Å². The second kappa shape index (κ2) is 7.16. The van der Waals surface area contributed by atoms with Crippen LogP contribution in [0.25, 0.3) is 0 Å². The van der Waals surface area contributed by atoms with Crippen molar-refractivity contribution in [3.05, 3.63) is 50.8 Å². The van der Waals surface area contributed by atoms with Gasteiger partial charge in [0.15, 0.2) is 0 Å². The highest BCUT2D eigenvalue weighted by Crippen LogP contribution is 2.22. The number of hydrogen-bond acceptors (Lipinski definition) is 3. The number of carbonyl (C=O) groups is 1. The summed E-state index contributed by atoms with van der Waals surface area (Å²) < 4.78 is 5.06. The Hall–Kier alpha value is -1.52. The quantitative estimate of drug-likeness (QED) is 0.898.